The van der Waals surface area contributed by atoms with Crippen LogP contribution in [0.4, 0.5) is 0 Å². The Morgan fingerprint density at radius 3 is 2.60 bits per heavy atom. The molecule has 3 N–H and O–H groups in total. The molecule has 0 aliphatic rings. The van der Waals surface area contributed by atoms with E-state index in [1.807, 2.05) is 48.5 Å². The van der Waals surface area contributed by atoms with Gasteiger partial charge in [0.1, 0.15) is 5.84 Å². The number of nitrogens with one attached hydrogen (secondary N) is 1. The van der Waals surface area contributed by atoms with Crippen LogP contribution < -0.4 is 5.73 Å². The maximum Gasteiger partial charge on any atom is 0.123 e. The van der Waals surface area contributed by atoms with Crippen molar-refractivity contribution in [2.75, 3.05) is 0 Å². The van der Waals surface area contributed by atoms with Crippen LogP contribution in [0.25, 0.3) is 11.1 Å². The number of benzene rings is 2. The second kappa shape index (κ2) is 3.96. The minimum atomic E-state index is 0.0921. The summed E-state index contributed by atoms with van der Waals surface area (Å²) in [6.07, 6.45) is 0. The van der Waals surface area contributed by atoms with E-state index in [0.29, 0.717) is 0 Å². The van der Waals surface area contributed by atoms with E-state index >= 15 is 0 Å². The topological polar surface area (TPSA) is 49.9 Å². The third kappa shape index (κ3) is 1.89. The largest absolute Gasteiger partial charge is 0.384 e. The number of nitrogens with two attached hydrogens (primary N) is 1. The van der Waals surface area contributed by atoms with Gasteiger partial charge >= 0.3 is 0 Å². The summed E-state index contributed by atoms with van der Waals surface area (Å²) >= 11 is 0. The van der Waals surface area contributed by atoms with E-state index in [9.17, 15) is 0 Å². The van der Waals surface area contributed by atoms with E-state index in [-0.39, 0.29) is 5.84 Å². The van der Waals surface area contributed by atoms with Crippen LogP contribution in [0.15, 0.2) is 48.5 Å². The van der Waals surface area contributed by atoms with Gasteiger partial charge in [0.2, 0.25) is 0 Å². The highest BCUT2D eigenvalue weighted by Crippen LogP contribution is 2.22. The van der Waals surface area contributed by atoms with Gasteiger partial charge in [-0.25, -0.2) is 0 Å². The summed E-state index contributed by atoms with van der Waals surface area (Å²) in [5.74, 6) is 0.0921. The second-order valence-electron chi connectivity index (χ2n) is 3.25. The van der Waals surface area contributed by atoms with E-state index in [0.717, 1.165) is 16.7 Å². The molecule has 0 unspecified atom stereocenters. The molecule has 1 radical (unpaired) electrons. The van der Waals surface area contributed by atoms with Crippen LogP contribution in [0.5, 0.6) is 0 Å². The number of amidine groups is 1. The van der Waals surface area contributed by atoms with Gasteiger partial charge < -0.3 is 5.73 Å². The van der Waals surface area contributed by atoms with E-state index < -0.39 is 0 Å². The first-order valence-corrected chi connectivity index (χ1v) is 4.69. The van der Waals surface area contributed by atoms with Crippen molar-refractivity contribution in [1.82, 2.24) is 0 Å². The second-order valence-corrected chi connectivity index (χ2v) is 3.25. The molecule has 0 aliphatic carbocycles. The van der Waals surface area contributed by atoms with Crippen LogP contribution in [0, 0.1) is 11.5 Å². The normalized spacial score (nSPS) is 9.87. The van der Waals surface area contributed by atoms with E-state index in [2.05, 4.69) is 6.07 Å². The van der Waals surface area contributed by atoms with E-state index in [4.69, 9.17) is 11.1 Å². The Labute approximate surface area is 88.9 Å². The molecular formula is C13H11N2. The molecule has 0 bridgehead atoms. The average Bonchev–Trinajstić information content (AvgIpc) is 2.30. The molecule has 0 amide bonds. The average molecular weight is 195 g/mol. The van der Waals surface area contributed by atoms with Gasteiger partial charge in [-0.15, -0.1) is 0 Å². The SMILES string of the molecule is N=C(N)c1ccccc1-c1c[c]ccc1. The quantitative estimate of drug-likeness (QED) is 0.561. The van der Waals surface area contributed by atoms with Gasteiger partial charge in [0.05, 0.1) is 0 Å². The first-order valence-electron chi connectivity index (χ1n) is 4.69. The number of nitrogen functional groups attached to an aromatic ring is 1. The first-order chi connectivity index (χ1) is 7.29. The monoisotopic (exact) mass is 195 g/mol. The lowest BCUT2D eigenvalue weighted by atomic mass is 9.99. The number of hydrogen-bond acceptors (Lipinski definition) is 1. The van der Waals surface area contributed by atoms with Gasteiger partial charge in [0, 0.05) is 5.56 Å². The summed E-state index contributed by atoms with van der Waals surface area (Å²) < 4.78 is 0. The summed E-state index contributed by atoms with van der Waals surface area (Å²) in [5, 5.41) is 7.49. The van der Waals surface area contributed by atoms with Crippen molar-refractivity contribution in [3.8, 4) is 11.1 Å². The molecule has 0 saturated carbocycles. The molecule has 0 atom stereocenters. The maximum absolute atomic E-state index is 7.49. The van der Waals surface area contributed by atoms with Crippen molar-refractivity contribution in [1.29, 1.82) is 5.41 Å². The van der Waals surface area contributed by atoms with Gasteiger partial charge in [-0.05, 0) is 23.3 Å². The predicted octanol–water partition coefficient (Wildman–Crippen LogP) is 2.44. The maximum atomic E-state index is 7.49. The molecule has 0 saturated heterocycles. The fourth-order valence-corrected chi connectivity index (χ4v) is 1.53. The molecule has 0 spiro atoms. The molecule has 0 aromatic heterocycles. The molecule has 2 aromatic rings. The summed E-state index contributed by atoms with van der Waals surface area (Å²) in [6, 6.07) is 18.3. The summed E-state index contributed by atoms with van der Waals surface area (Å²) in [6.45, 7) is 0. The lowest BCUT2D eigenvalue weighted by Crippen LogP contribution is -2.12. The Balaban J connectivity index is 2.58. The highest BCUT2D eigenvalue weighted by atomic mass is 14.7. The van der Waals surface area contributed by atoms with Gasteiger partial charge in [-0.1, -0.05) is 42.5 Å². The lowest BCUT2D eigenvalue weighted by molar-refractivity contribution is 1.42. The summed E-state index contributed by atoms with van der Waals surface area (Å²) in [7, 11) is 0. The molecule has 73 valence electrons. The zero-order chi connectivity index (χ0) is 10.7. The fourth-order valence-electron chi connectivity index (χ4n) is 1.53. The number of rotatable bonds is 2. The lowest BCUT2D eigenvalue weighted by Gasteiger charge is -2.07. The predicted molar refractivity (Wildman–Crippen MR) is 61.7 cm³/mol. The Morgan fingerprint density at radius 1 is 1.13 bits per heavy atom. The Morgan fingerprint density at radius 2 is 1.93 bits per heavy atom. The van der Waals surface area contributed by atoms with Crippen LogP contribution in [0.1, 0.15) is 5.56 Å². The smallest absolute Gasteiger partial charge is 0.123 e. The van der Waals surface area contributed by atoms with Crippen LogP contribution in [0.3, 0.4) is 0 Å². The Bertz CT molecular complexity index is 475. The van der Waals surface area contributed by atoms with Crippen molar-refractivity contribution in [3.05, 3.63) is 60.2 Å². The summed E-state index contributed by atoms with van der Waals surface area (Å²) in [5.41, 5.74) is 8.29. The standard InChI is InChI=1S/C13H11N2/c14-13(15)12-9-5-4-8-11(12)10-6-2-1-3-7-10/h1-2,4-9H,(H3,14,15). The third-order valence-corrected chi connectivity index (χ3v) is 2.24. The van der Waals surface area contributed by atoms with Crippen molar-refractivity contribution in [3.63, 3.8) is 0 Å². The molecule has 2 nitrogen and oxygen atoms in total. The van der Waals surface area contributed by atoms with Crippen molar-refractivity contribution >= 4 is 5.84 Å². The molecule has 0 aliphatic heterocycles. The molecule has 2 rings (SSSR count). The van der Waals surface area contributed by atoms with Crippen molar-refractivity contribution in [2.24, 2.45) is 5.73 Å². The molecular weight excluding hydrogens is 184 g/mol. The molecule has 2 heteroatoms. The molecule has 15 heavy (non-hydrogen) atoms. The highest BCUT2D eigenvalue weighted by molar-refractivity contribution is 6.01. The summed E-state index contributed by atoms with van der Waals surface area (Å²) in [4.78, 5) is 0. The third-order valence-electron chi connectivity index (χ3n) is 2.24. The minimum absolute atomic E-state index is 0.0921. The number of hydrogen-bond donors (Lipinski definition) is 2. The zero-order valence-corrected chi connectivity index (χ0v) is 8.20. The van der Waals surface area contributed by atoms with Gasteiger partial charge in [0.15, 0.2) is 0 Å². The highest BCUT2D eigenvalue weighted by Gasteiger charge is 2.05. The van der Waals surface area contributed by atoms with E-state index in [1.54, 1.807) is 0 Å². The Hall–Kier alpha value is -2.09. The van der Waals surface area contributed by atoms with Crippen LogP contribution >= 0.6 is 0 Å². The zero-order valence-electron chi connectivity index (χ0n) is 8.20. The molecule has 0 fully saturated rings. The van der Waals surface area contributed by atoms with E-state index in [1.165, 1.54) is 0 Å². The molecule has 0 heterocycles. The first kappa shape index (κ1) is 9.46. The van der Waals surface area contributed by atoms with Crippen LogP contribution in [0.2, 0.25) is 0 Å². The Kier molecular flexibility index (Phi) is 2.50. The van der Waals surface area contributed by atoms with Crippen LogP contribution in [-0.4, -0.2) is 5.84 Å². The van der Waals surface area contributed by atoms with Gasteiger partial charge in [-0.3, -0.25) is 5.41 Å². The van der Waals surface area contributed by atoms with Crippen molar-refractivity contribution < 1.29 is 0 Å². The minimum Gasteiger partial charge on any atom is -0.384 e. The van der Waals surface area contributed by atoms with Gasteiger partial charge in [0.25, 0.3) is 0 Å². The van der Waals surface area contributed by atoms with Crippen LogP contribution in [-0.2, 0) is 0 Å². The van der Waals surface area contributed by atoms with Gasteiger partial charge in [-0.2, -0.15) is 0 Å². The molecule has 2 aromatic carbocycles. The fraction of sp³-hybridized carbons (Fsp3) is 0. The van der Waals surface area contributed by atoms with Crippen molar-refractivity contribution in [2.45, 2.75) is 0 Å².